The number of aryl methyl sites for hydroxylation is 1. The maximum atomic E-state index is 5.80. The first-order valence-electron chi connectivity index (χ1n) is 9.73. The first kappa shape index (κ1) is 18.7. The van der Waals surface area contributed by atoms with Gasteiger partial charge in [0.15, 0.2) is 5.76 Å². The van der Waals surface area contributed by atoms with Crippen LogP contribution in [0.25, 0.3) is 11.5 Å². The molecule has 0 spiro atoms. The average Bonchev–Trinajstić information content (AvgIpc) is 3.30. The highest BCUT2D eigenvalue weighted by atomic mass is 16.5. The van der Waals surface area contributed by atoms with Crippen molar-refractivity contribution in [2.24, 2.45) is 0 Å². The van der Waals surface area contributed by atoms with Crippen LogP contribution >= 0.6 is 0 Å². The van der Waals surface area contributed by atoms with E-state index < -0.39 is 0 Å². The lowest BCUT2D eigenvalue weighted by molar-refractivity contribution is -0.00545. The second-order valence-electron chi connectivity index (χ2n) is 7.47. The number of pyridine rings is 1. The molecule has 0 aliphatic carbocycles. The molecule has 0 radical (unpaired) electrons. The van der Waals surface area contributed by atoms with E-state index in [-0.39, 0.29) is 12.2 Å². The summed E-state index contributed by atoms with van der Waals surface area (Å²) in [4.78, 5) is 6.94. The Morgan fingerprint density at radius 2 is 1.93 bits per heavy atom. The van der Waals surface area contributed by atoms with Crippen LogP contribution in [0.5, 0.6) is 0 Å². The molecule has 2 N–H and O–H groups in total. The van der Waals surface area contributed by atoms with Gasteiger partial charge in [-0.15, -0.1) is 0 Å². The molecule has 3 aromatic heterocycles. The van der Waals surface area contributed by atoms with E-state index in [4.69, 9.17) is 9.15 Å². The van der Waals surface area contributed by atoms with Crippen molar-refractivity contribution >= 4 is 5.82 Å². The van der Waals surface area contributed by atoms with Gasteiger partial charge in [0, 0.05) is 37.9 Å². The van der Waals surface area contributed by atoms with Crippen LogP contribution in [0.4, 0.5) is 5.82 Å². The third-order valence-corrected chi connectivity index (χ3v) is 4.90. The Balaban J connectivity index is 1.33. The molecule has 1 aliphatic heterocycles. The Morgan fingerprint density at radius 1 is 1.11 bits per heavy atom. The van der Waals surface area contributed by atoms with Crippen LogP contribution in [-0.4, -0.2) is 40.5 Å². The fraction of sp³-hybridized carbons (Fsp3) is 0.429. The minimum absolute atomic E-state index is 0.231. The summed E-state index contributed by atoms with van der Waals surface area (Å²) in [5.41, 5.74) is 3.15. The number of aromatic nitrogens is 3. The molecule has 0 aromatic carbocycles. The predicted molar refractivity (Wildman–Crippen MR) is 108 cm³/mol. The van der Waals surface area contributed by atoms with Gasteiger partial charge in [0.25, 0.3) is 0 Å². The molecule has 4 heterocycles. The fourth-order valence-electron chi connectivity index (χ4n) is 3.64. The Hall–Kier alpha value is -2.64. The third-order valence-electron chi connectivity index (χ3n) is 4.90. The van der Waals surface area contributed by atoms with Crippen molar-refractivity contribution in [2.45, 2.75) is 46.1 Å². The van der Waals surface area contributed by atoms with Crippen molar-refractivity contribution < 1.29 is 9.15 Å². The zero-order valence-electron chi connectivity index (χ0n) is 16.6. The number of hydrogen-bond acceptors (Lipinski definition) is 6. The van der Waals surface area contributed by atoms with Crippen LogP contribution in [0.15, 0.2) is 41.1 Å². The average molecular weight is 381 g/mol. The molecule has 2 unspecified atom stereocenters. The molecular weight excluding hydrogens is 354 g/mol. The van der Waals surface area contributed by atoms with Gasteiger partial charge in [-0.05, 0) is 44.5 Å². The zero-order valence-corrected chi connectivity index (χ0v) is 16.6. The second kappa shape index (κ2) is 8.16. The largest absolute Gasteiger partial charge is 0.460 e. The Kier molecular flexibility index (Phi) is 5.45. The molecule has 1 aliphatic rings. The van der Waals surface area contributed by atoms with E-state index in [1.807, 2.05) is 31.5 Å². The number of furan rings is 1. The van der Waals surface area contributed by atoms with Crippen LogP contribution in [0, 0.1) is 6.92 Å². The van der Waals surface area contributed by atoms with E-state index >= 15 is 0 Å². The lowest BCUT2D eigenvalue weighted by Crippen LogP contribution is -2.45. The first-order chi connectivity index (χ1) is 13.6. The first-order valence-corrected chi connectivity index (χ1v) is 9.73. The number of ether oxygens (including phenoxy) is 1. The van der Waals surface area contributed by atoms with Gasteiger partial charge >= 0.3 is 0 Å². The van der Waals surface area contributed by atoms with Crippen molar-refractivity contribution in [3.63, 3.8) is 0 Å². The van der Waals surface area contributed by atoms with Gasteiger partial charge in [0.1, 0.15) is 17.3 Å². The van der Waals surface area contributed by atoms with E-state index in [1.54, 1.807) is 0 Å². The Labute approximate surface area is 165 Å². The molecule has 4 rings (SSSR count). The number of rotatable bonds is 6. The molecule has 1 saturated heterocycles. The minimum atomic E-state index is 0.231. The smallest absolute Gasteiger partial charge is 0.152 e. The molecule has 7 heteroatoms. The summed E-state index contributed by atoms with van der Waals surface area (Å²) in [6.07, 6.45) is 4.24. The van der Waals surface area contributed by atoms with Crippen molar-refractivity contribution in [3.05, 3.63) is 53.5 Å². The molecular formula is C21H27N5O2. The van der Waals surface area contributed by atoms with E-state index in [9.17, 15) is 0 Å². The summed E-state index contributed by atoms with van der Waals surface area (Å²) < 4.78 is 11.5. The summed E-state index contributed by atoms with van der Waals surface area (Å²) in [7, 11) is 0. The van der Waals surface area contributed by atoms with Gasteiger partial charge in [-0.1, -0.05) is 6.07 Å². The lowest BCUT2D eigenvalue weighted by Gasteiger charge is -2.36. The van der Waals surface area contributed by atoms with Crippen LogP contribution in [0.2, 0.25) is 0 Å². The van der Waals surface area contributed by atoms with Gasteiger partial charge in [0.05, 0.1) is 18.4 Å². The summed E-state index contributed by atoms with van der Waals surface area (Å²) in [6, 6.07) is 8.14. The van der Waals surface area contributed by atoms with Crippen molar-refractivity contribution in [1.29, 1.82) is 0 Å². The highest BCUT2D eigenvalue weighted by molar-refractivity contribution is 5.56. The molecule has 7 nitrogen and oxygen atoms in total. The highest BCUT2D eigenvalue weighted by Crippen LogP contribution is 2.23. The fourth-order valence-corrected chi connectivity index (χ4v) is 3.64. The number of anilines is 1. The standard InChI is InChI=1S/C21H27N5O2/c1-14-4-6-19(28-14)21-18(11-24-25-21)10-22-8-17-5-7-20(23-9-17)26-12-15(2)27-16(3)13-26/h4-7,9,11,15-16,22H,8,10,12-13H2,1-3H3,(H,24,25). The number of hydrogen-bond donors (Lipinski definition) is 2. The summed E-state index contributed by atoms with van der Waals surface area (Å²) >= 11 is 0. The molecule has 28 heavy (non-hydrogen) atoms. The molecule has 0 amide bonds. The number of nitrogens with zero attached hydrogens (tertiary/aromatic N) is 3. The van der Waals surface area contributed by atoms with Gasteiger partial charge < -0.3 is 19.4 Å². The van der Waals surface area contributed by atoms with Crippen LogP contribution in [0.1, 0.15) is 30.7 Å². The SMILES string of the molecule is Cc1ccc(-c2[nH]ncc2CNCc2ccc(N3CC(C)OC(C)C3)nc2)o1. The second-order valence-corrected chi connectivity index (χ2v) is 7.47. The van der Waals surface area contributed by atoms with Crippen LogP contribution < -0.4 is 10.2 Å². The van der Waals surface area contributed by atoms with E-state index in [0.717, 1.165) is 53.8 Å². The lowest BCUT2D eigenvalue weighted by atomic mass is 10.2. The van der Waals surface area contributed by atoms with Gasteiger partial charge in [-0.3, -0.25) is 5.10 Å². The number of H-pyrrole nitrogens is 1. The normalized spacial score (nSPS) is 19.9. The third kappa shape index (κ3) is 4.26. The molecule has 148 valence electrons. The van der Waals surface area contributed by atoms with Crippen molar-refractivity contribution in [1.82, 2.24) is 20.5 Å². The molecule has 0 saturated carbocycles. The number of morpholine rings is 1. The van der Waals surface area contributed by atoms with Gasteiger partial charge in [-0.25, -0.2) is 4.98 Å². The predicted octanol–water partition coefficient (Wildman–Crippen LogP) is 3.28. The molecule has 1 fully saturated rings. The van der Waals surface area contributed by atoms with Crippen LogP contribution in [-0.2, 0) is 17.8 Å². The topological polar surface area (TPSA) is 79.2 Å². The Morgan fingerprint density at radius 3 is 2.61 bits per heavy atom. The monoisotopic (exact) mass is 381 g/mol. The number of aromatic amines is 1. The maximum absolute atomic E-state index is 5.80. The van der Waals surface area contributed by atoms with Crippen LogP contribution in [0.3, 0.4) is 0 Å². The van der Waals surface area contributed by atoms with Gasteiger partial charge in [0.2, 0.25) is 0 Å². The molecule has 2 atom stereocenters. The minimum Gasteiger partial charge on any atom is -0.460 e. The zero-order chi connectivity index (χ0) is 19.5. The van der Waals surface area contributed by atoms with Crippen molar-refractivity contribution in [2.75, 3.05) is 18.0 Å². The summed E-state index contributed by atoms with van der Waals surface area (Å²) in [6.45, 7) is 9.35. The quantitative estimate of drug-likeness (QED) is 0.682. The highest BCUT2D eigenvalue weighted by Gasteiger charge is 2.22. The Bertz CT molecular complexity index is 892. The molecule has 0 bridgehead atoms. The van der Waals surface area contributed by atoms with Gasteiger partial charge in [-0.2, -0.15) is 5.10 Å². The van der Waals surface area contributed by atoms with Crippen molar-refractivity contribution in [3.8, 4) is 11.5 Å². The number of nitrogens with one attached hydrogen (secondary N) is 2. The summed E-state index contributed by atoms with van der Waals surface area (Å²) in [5.74, 6) is 2.71. The maximum Gasteiger partial charge on any atom is 0.152 e. The summed E-state index contributed by atoms with van der Waals surface area (Å²) in [5, 5.41) is 10.6. The van der Waals surface area contributed by atoms with E-state index in [2.05, 4.69) is 51.4 Å². The van der Waals surface area contributed by atoms with E-state index in [0.29, 0.717) is 6.54 Å². The van der Waals surface area contributed by atoms with E-state index in [1.165, 1.54) is 0 Å². The molecule has 3 aromatic rings.